The number of carbonyl (C=O) groups excluding carboxylic acids is 1. The van der Waals surface area contributed by atoms with Crippen LogP contribution in [0.25, 0.3) is 11.2 Å². The molecule has 28 heavy (non-hydrogen) atoms. The number of fused-ring (bicyclic) bond motifs is 1. The van der Waals surface area contributed by atoms with Gasteiger partial charge >= 0.3 is 0 Å². The van der Waals surface area contributed by atoms with Crippen LogP contribution in [0.15, 0.2) is 30.6 Å². The quantitative estimate of drug-likeness (QED) is 0.729. The number of amides is 1. The van der Waals surface area contributed by atoms with E-state index in [0.29, 0.717) is 29.5 Å². The summed E-state index contributed by atoms with van der Waals surface area (Å²) < 4.78 is 10.6. The average Bonchev–Trinajstić information content (AvgIpc) is 3.18. The third-order valence-corrected chi connectivity index (χ3v) is 5.28. The summed E-state index contributed by atoms with van der Waals surface area (Å²) in [4.78, 5) is 23.3. The molecular weight excluding hydrogens is 358 g/mol. The lowest BCUT2D eigenvalue weighted by Gasteiger charge is -2.31. The Hall–Kier alpha value is -3.16. The molecule has 1 aliphatic rings. The van der Waals surface area contributed by atoms with E-state index in [-0.39, 0.29) is 5.91 Å². The minimum absolute atomic E-state index is 0.125. The third kappa shape index (κ3) is 3.49. The highest BCUT2D eigenvalue weighted by Gasteiger charge is 2.27. The second kappa shape index (κ2) is 7.84. The van der Waals surface area contributed by atoms with E-state index in [4.69, 9.17) is 9.47 Å². The number of likely N-dealkylation sites (tertiary alicyclic amines) is 1. The molecule has 0 aliphatic carbocycles. The first-order valence-corrected chi connectivity index (χ1v) is 9.33. The SMILES string of the molecule is COc1ccc(CC(=O)N2CCC(c3[nH]nc4nccnc34)CC2)cc1OC. The molecule has 1 aromatic carbocycles. The van der Waals surface area contributed by atoms with Gasteiger partial charge in [0.2, 0.25) is 5.91 Å². The van der Waals surface area contributed by atoms with Gasteiger partial charge < -0.3 is 14.4 Å². The van der Waals surface area contributed by atoms with Crippen molar-refractivity contribution in [3.8, 4) is 11.5 Å². The number of methoxy groups -OCH3 is 2. The third-order valence-electron chi connectivity index (χ3n) is 5.28. The average molecular weight is 381 g/mol. The van der Waals surface area contributed by atoms with Crippen molar-refractivity contribution in [2.24, 2.45) is 0 Å². The molecule has 3 aromatic rings. The maximum atomic E-state index is 12.7. The number of aromatic nitrogens is 4. The molecule has 1 saturated heterocycles. The summed E-state index contributed by atoms with van der Waals surface area (Å²) in [5.74, 6) is 1.74. The molecule has 0 unspecified atom stereocenters. The van der Waals surface area contributed by atoms with Gasteiger partial charge in [-0.1, -0.05) is 6.07 Å². The fraction of sp³-hybridized carbons (Fsp3) is 0.400. The molecule has 1 amide bonds. The predicted molar refractivity (Wildman–Crippen MR) is 103 cm³/mol. The highest BCUT2D eigenvalue weighted by Crippen LogP contribution is 2.31. The summed E-state index contributed by atoms with van der Waals surface area (Å²) in [5, 5.41) is 7.32. The monoisotopic (exact) mass is 381 g/mol. The lowest BCUT2D eigenvalue weighted by Crippen LogP contribution is -2.38. The zero-order valence-electron chi connectivity index (χ0n) is 16.0. The second-order valence-electron chi connectivity index (χ2n) is 6.89. The fourth-order valence-electron chi connectivity index (χ4n) is 3.75. The highest BCUT2D eigenvalue weighted by molar-refractivity contribution is 5.79. The molecule has 146 valence electrons. The molecule has 1 fully saturated rings. The van der Waals surface area contributed by atoms with E-state index >= 15 is 0 Å². The predicted octanol–water partition coefficient (Wildman–Crippen LogP) is 2.32. The summed E-state index contributed by atoms with van der Waals surface area (Å²) in [6.07, 6.45) is 5.44. The number of hydrogen-bond acceptors (Lipinski definition) is 6. The van der Waals surface area contributed by atoms with E-state index in [1.165, 1.54) is 0 Å². The van der Waals surface area contributed by atoms with E-state index in [1.807, 2.05) is 23.1 Å². The van der Waals surface area contributed by atoms with E-state index in [0.717, 1.165) is 42.7 Å². The zero-order valence-corrected chi connectivity index (χ0v) is 16.0. The summed E-state index contributed by atoms with van der Waals surface area (Å²) in [7, 11) is 3.19. The van der Waals surface area contributed by atoms with Crippen molar-refractivity contribution in [2.45, 2.75) is 25.2 Å². The molecule has 2 aromatic heterocycles. The van der Waals surface area contributed by atoms with Gasteiger partial charge in [0.05, 0.1) is 26.3 Å². The summed E-state index contributed by atoms with van der Waals surface area (Å²) in [6, 6.07) is 5.60. The first kappa shape index (κ1) is 18.2. The van der Waals surface area contributed by atoms with Gasteiger partial charge in [0.25, 0.3) is 0 Å². The van der Waals surface area contributed by atoms with Crippen LogP contribution in [0.1, 0.15) is 30.0 Å². The Labute approximate surface area is 162 Å². The van der Waals surface area contributed by atoms with E-state index < -0.39 is 0 Å². The van der Waals surface area contributed by atoms with E-state index in [1.54, 1.807) is 26.6 Å². The zero-order chi connectivity index (χ0) is 19.5. The van der Waals surface area contributed by atoms with Gasteiger partial charge in [0.15, 0.2) is 17.1 Å². The van der Waals surface area contributed by atoms with Crippen molar-refractivity contribution >= 4 is 17.1 Å². The smallest absolute Gasteiger partial charge is 0.226 e. The van der Waals surface area contributed by atoms with Crippen LogP contribution in [0.2, 0.25) is 0 Å². The number of ether oxygens (including phenoxy) is 2. The second-order valence-corrected chi connectivity index (χ2v) is 6.89. The number of piperidine rings is 1. The first-order chi connectivity index (χ1) is 13.7. The van der Waals surface area contributed by atoms with Crippen molar-refractivity contribution in [3.63, 3.8) is 0 Å². The minimum atomic E-state index is 0.125. The molecular formula is C20H23N5O3. The van der Waals surface area contributed by atoms with Crippen LogP contribution in [0.3, 0.4) is 0 Å². The number of nitrogens with zero attached hydrogens (tertiary/aromatic N) is 4. The molecule has 0 saturated carbocycles. The topological polar surface area (TPSA) is 93.2 Å². The Balaban J connectivity index is 1.39. The first-order valence-electron chi connectivity index (χ1n) is 9.33. The molecule has 0 atom stereocenters. The standard InChI is InChI=1S/C20H23N5O3/c1-27-15-4-3-13(11-16(15)28-2)12-17(26)25-9-5-14(6-10-25)18-19-20(24-23-18)22-8-7-21-19/h3-4,7-8,11,14H,5-6,9-10,12H2,1-2H3,(H,22,23,24). The fourth-order valence-corrected chi connectivity index (χ4v) is 3.75. The molecule has 8 nitrogen and oxygen atoms in total. The van der Waals surface area contributed by atoms with Crippen molar-refractivity contribution in [1.29, 1.82) is 0 Å². The van der Waals surface area contributed by atoms with Crippen LogP contribution >= 0.6 is 0 Å². The van der Waals surface area contributed by atoms with E-state index in [2.05, 4.69) is 20.2 Å². The van der Waals surface area contributed by atoms with Crippen molar-refractivity contribution < 1.29 is 14.3 Å². The molecule has 0 spiro atoms. The Morgan fingerprint density at radius 1 is 1.14 bits per heavy atom. The molecule has 4 rings (SSSR count). The molecule has 3 heterocycles. The van der Waals surface area contributed by atoms with Crippen molar-refractivity contribution in [3.05, 3.63) is 41.9 Å². The minimum Gasteiger partial charge on any atom is -0.493 e. The van der Waals surface area contributed by atoms with Gasteiger partial charge in [-0.2, -0.15) is 5.10 Å². The number of nitrogens with one attached hydrogen (secondary N) is 1. The molecule has 1 aliphatic heterocycles. The van der Waals surface area contributed by atoms with Crippen LogP contribution in [0, 0.1) is 0 Å². The molecule has 0 radical (unpaired) electrons. The van der Waals surface area contributed by atoms with Crippen LogP contribution in [-0.4, -0.2) is 58.3 Å². The van der Waals surface area contributed by atoms with Gasteiger partial charge in [-0.05, 0) is 30.5 Å². The van der Waals surface area contributed by atoms with Crippen molar-refractivity contribution in [1.82, 2.24) is 25.1 Å². The number of hydrogen-bond donors (Lipinski definition) is 1. The maximum Gasteiger partial charge on any atom is 0.226 e. The van der Waals surface area contributed by atoms with Crippen LogP contribution in [-0.2, 0) is 11.2 Å². The highest BCUT2D eigenvalue weighted by atomic mass is 16.5. The number of benzene rings is 1. The molecule has 0 bridgehead atoms. The Bertz CT molecular complexity index is 979. The van der Waals surface area contributed by atoms with E-state index in [9.17, 15) is 4.79 Å². The van der Waals surface area contributed by atoms with Gasteiger partial charge in [-0.3, -0.25) is 9.89 Å². The Kier molecular flexibility index (Phi) is 5.10. The number of carbonyl (C=O) groups is 1. The summed E-state index contributed by atoms with van der Waals surface area (Å²) in [5.41, 5.74) is 3.41. The summed E-state index contributed by atoms with van der Waals surface area (Å²) >= 11 is 0. The van der Waals surface area contributed by atoms with Gasteiger partial charge in [-0.15, -0.1) is 0 Å². The van der Waals surface area contributed by atoms with Crippen LogP contribution in [0.5, 0.6) is 11.5 Å². The largest absolute Gasteiger partial charge is 0.493 e. The molecule has 8 heteroatoms. The Morgan fingerprint density at radius 3 is 2.64 bits per heavy atom. The summed E-state index contributed by atoms with van der Waals surface area (Å²) in [6.45, 7) is 1.44. The van der Waals surface area contributed by atoms with Crippen molar-refractivity contribution in [2.75, 3.05) is 27.3 Å². The lowest BCUT2D eigenvalue weighted by molar-refractivity contribution is -0.131. The number of aromatic amines is 1. The Morgan fingerprint density at radius 2 is 1.89 bits per heavy atom. The van der Waals surface area contributed by atoms with Gasteiger partial charge in [-0.25, -0.2) is 9.97 Å². The molecule has 1 N–H and O–H groups in total. The van der Waals surface area contributed by atoms with Gasteiger partial charge in [0, 0.05) is 31.4 Å². The normalized spacial score (nSPS) is 15.0. The van der Waals surface area contributed by atoms with Gasteiger partial charge in [0.1, 0.15) is 5.52 Å². The number of H-pyrrole nitrogens is 1. The maximum absolute atomic E-state index is 12.7. The number of rotatable bonds is 5. The lowest BCUT2D eigenvalue weighted by atomic mass is 9.92. The van der Waals surface area contributed by atoms with Crippen LogP contribution < -0.4 is 9.47 Å². The van der Waals surface area contributed by atoms with Crippen LogP contribution in [0.4, 0.5) is 0 Å².